The Balaban J connectivity index is 2.33. The van der Waals surface area contributed by atoms with Crippen LogP contribution >= 0.6 is 0 Å². The first kappa shape index (κ1) is 9.01. The van der Waals surface area contributed by atoms with E-state index in [0.29, 0.717) is 12.0 Å². The van der Waals surface area contributed by atoms with E-state index >= 15 is 0 Å². The summed E-state index contributed by atoms with van der Waals surface area (Å²) >= 11 is 0. The van der Waals surface area contributed by atoms with Crippen LogP contribution in [0.15, 0.2) is 0 Å². The van der Waals surface area contributed by atoms with Gasteiger partial charge in [-0.15, -0.1) is 0 Å². The van der Waals surface area contributed by atoms with Gasteiger partial charge in [-0.05, 0) is 32.1 Å². The van der Waals surface area contributed by atoms with Crippen LogP contribution in [0.2, 0.25) is 0 Å². The van der Waals surface area contributed by atoms with Crippen LogP contribution in [0.3, 0.4) is 0 Å². The topological polar surface area (TPSA) is 29.5 Å². The van der Waals surface area contributed by atoms with Crippen molar-refractivity contribution in [3.05, 3.63) is 0 Å². The van der Waals surface area contributed by atoms with Gasteiger partial charge in [-0.3, -0.25) is 0 Å². The second-order valence-corrected chi connectivity index (χ2v) is 3.52. The number of hydrogen-bond donors (Lipinski definition) is 1. The highest BCUT2D eigenvalue weighted by molar-refractivity contribution is 4.76. The van der Waals surface area contributed by atoms with Crippen molar-refractivity contribution in [2.24, 2.45) is 5.92 Å². The molecule has 2 heteroatoms. The lowest BCUT2D eigenvalue weighted by molar-refractivity contribution is 0.0126. The third kappa shape index (κ3) is 2.46. The van der Waals surface area contributed by atoms with E-state index in [4.69, 9.17) is 4.74 Å². The molecule has 1 aliphatic rings. The van der Waals surface area contributed by atoms with Gasteiger partial charge in [0.05, 0.1) is 12.2 Å². The molecule has 1 rings (SSSR count). The molecule has 0 heterocycles. The molecule has 1 N–H and O–H groups in total. The Labute approximate surface area is 68.6 Å². The number of aliphatic hydroxyl groups excluding tert-OH is 1. The van der Waals surface area contributed by atoms with Crippen molar-refractivity contribution in [2.45, 2.75) is 44.8 Å². The maximum absolute atomic E-state index is 9.33. The van der Waals surface area contributed by atoms with Gasteiger partial charge < -0.3 is 9.84 Å². The minimum absolute atomic E-state index is 0.159. The molecule has 0 saturated heterocycles. The highest BCUT2D eigenvalue weighted by Crippen LogP contribution is 2.28. The molecule has 1 saturated carbocycles. The average Bonchev–Trinajstić information content (AvgIpc) is 2.05. The van der Waals surface area contributed by atoms with Gasteiger partial charge in [-0.2, -0.15) is 0 Å². The summed E-state index contributed by atoms with van der Waals surface area (Å²) in [5.41, 5.74) is 0. The van der Waals surface area contributed by atoms with Crippen LogP contribution in [0.1, 0.15) is 32.6 Å². The number of methoxy groups -OCH3 is 1. The summed E-state index contributed by atoms with van der Waals surface area (Å²) in [5.74, 6) is 0.466. The summed E-state index contributed by atoms with van der Waals surface area (Å²) in [7, 11) is 1.76. The minimum atomic E-state index is -0.159. The van der Waals surface area contributed by atoms with Gasteiger partial charge in [-0.1, -0.05) is 6.42 Å². The van der Waals surface area contributed by atoms with Gasteiger partial charge in [0.25, 0.3) is 0 Å². The van der Waals surface area contributed by atoms with E-state index in [0.717, 1.165) is 12.8 Å². The summed E-state index contributed by atoms with van der Waals surface area (Å²) < 4.78 is 5.26. The third-order valence-electron chi connectivity index (χ3n) is 2.68. The second-order valence-electron chi connectivity index (χ2n) is 3.52. The molecule has 11 heavy (non-hydrogen) atoms. The van der Waals surface area contributed by atoms with E-state index in [1.54, 1.807) is 7.11 Å². The Hall–Kier alpha value is -0.0800. The van der Waals surface area contributed by atoms with Crippen molar-refractivity contribution in [1.82, 2.24) is 0 Å². The monoisotopic (exact) mass is 158 g/mol. The van der Waals surface area contributed by atoms with E-state index in [2.05, 4.69) is 0 Å². The first-order valence-corrected chi connectivity index (χ1v) is 4.45. The summed E-state index contributed by atoms with van der Waals surface area (Å²) in [4.78, 5) is 0. The number of ether oxygens (including phenoxy) is 1. The van der Waals surface area contributed by atoms with Crippen LogP contribution in [-0.2, 0) is 4.74 Å². The summed E-state index contributed by atoms with van der Waals surface area (Å²) in [5, 5.41) is 9.33. The van der Waals surface area contributed by atoms with Gasteiger partial charge in [0.15, 0.2) is 0 Å². The molecular formula is C9H18O2. The largest absolute Gasteiger partial charge is 0.393 e. The quantitative estimate of drug-likeness (QED) is 0.661. The minimum Gasteiger partial charge on any atom is -0.393 e. The Bertz CT molecular complexity index is 112. The van der Waals surface area contributed by atoms with Crippen LogP contribution in [0.4, 0.5) is 0 Å². The van der Waals surface area contributed by atoms with Crippen LogP contribution in [0.5, 0.6) is 0 Å². The molecule has 0 aliphatic heterocycles. The first-order valence-electron chi connectivity index (χ1n) is 4.45. The lowest BCUT2D eigenvalue weighted by atomic mass is 9.84. The molecule has 2 unspecified atom stereocenters. The predicted molar refractivity (Wildman–Crippen MR) is 44.4 cm³/mol. The Kier molecular flexibility index (Phi) is 3.34. The highest BCUT2D eigenvalue weighted by atomic mass is 16.5. The molecule has 0 aromatic heterocycles. The van der Waals surface area contributed by atoms with Crippen molar-refractivity contribution in [2.75, 3.05) is 7.11 Å². The Morgan fingerprint density at radius 1 is 1.45 bits per heavy atom. The van der Waals surface area contributed by atoms with Crippen LogP contribution in [-0.4, -0.2) is 24.4 Å². The lowest BCUT2D eigenvalue weighted by Crippen LogP contribution is -2.28. The van der Waals surface area contributed by atoms with Gasteiger partial charge in [-0.25, -0.2) is 0 Å². The van der Waals surface area contributed by atoms with Crippen molar-refractivity contribution in [3.8, 4) is 0 Å². The summed E-state index contributed by atoms with van der Waals surface area (Å²) in [6.07, 6.45) is 4.80. The molecule has 0 aromatic carbocycles. The van der Waals surface area contributed by atoms with E-state index in [1.165, 1.54) is 12.8 Å². The molecule has 1 aliphatic carbocycles. The van der Waals surface area contributed by atoms with E-state index in [9.17, 15) is 5.11 Å². The predicted octanol–water partition coefficient (Wildman–Crippen LogP) is 1.57. The van der Waals surface area contributed by atoms with Crippen LogP contribution < -0.4 is 0 Å². The number of rotatable bonds is 2. The van der Waals surface area contributed by atoms with Gasteiger partial charge in [0.1, 0.15) is 0 Å². The SMILES string of the molecule is COC1CCCC([C@H](C)O)C1. The second kappa shape index (κ2) is 4.07. The standard InChI is InChI=1S/C9H18O2/c1-7(10)8-4-3-5-9(6-8)11-2/h7-10H,3-6H2,1-2H3/t7-,8?,9?/m0/s1. The molecule has 66 valence electrons. The van der Waals surface area contributed by atoms with Gasteiger partial charge >= 0.3 is 0 Å². The normalized spacial score (nSPS) is 35.2. The summed E-state index contributed by atoms with van der Waals surface area (Å²) in [6.45, 7) is 1.88. The van der Waals surface area contributed by atoms with Crippen LogP contribution in [0, 0.1) is 5.92 Å². The first-order chi connectivity index (χ1) is 5.24. The fourth-order valence-corrected chi connectivity index (χ4v) is 1.83. The smallest absolute Gasteiger partial charge is 0.0575 e. The zero-order chi connectivity index (χ0) is 8.27. The number of aliphatic hydroxyl groups is 1. The molecule has 0 aromatic rings. The van der Waals surface area contributed by atoms with Crippen molar-refractivity contribution in [1.29, 1.82) is 0 Å². The van der Waals surface area contributed by atoms with Crippen molar-refractivity contribution >= 4 is 0 Å². The van der Waals surface area contributed by atoms with Gasteiger partial charge in [0, 0.05) is 7.11 Å². The van der Waals surface area contributed by atoms with E-state index in [-0.39, 0.29) is 6.10 Å². The fraction of sp³-hybridized carbons (Fsp3) is 1.00. The van der Waals surface area contributed by atoms with E-state index < -0.39 is 0 Å². The average molecular weight is 158 g/mol. The Morgan fingerprint density at radius 3 is 2.73 bits per heavy atom. The maximum Gasteiger partial charge on any atom is 0.0575 e. The van der Waals surface area contributed by atoms with Crippen molar-refractivity contribution < 1.29 is 9.84 Å². The highest BCUT2D eigenvalue weighted by Gasteiger charge is 2.24. The molecule has 3 atom stereocenters. The molecule has 0 amide bonds. The number of hydrogen-bond acceptors (Lipinski definition) is 2. The molecule has 1 fully saturated rings. The molecular weight excluding hydrogens is 140 g/mol. The summed E-state index contributed by atoms with van der Waals surface area (Å²) in [6, 6.07) is 0. The maximum atomic E-state index is 9.33. The van der Waals surface area contributed by atoms with Gasteiger partial charge in [0.2, 0.25) is 0 Å². The molecule has 0 radical (unpaired) electrons. The molecule has 2 nitrogen and oxygen atoms in total. The lowest BCUT2D eigenvalue weighted by Gasteiger charge is -2.29. The fourth-order valence-electron chi connectivity index (χ4n) is 1.83. The third-order valence-corrected chi connectivity index (χ3v) is 2.68. The van der Waals surface area contributed by atoms with Crippen molar-refractivity contribution in [3.63, 3.8) is 0 Å². The van der Waals surface area contributed by atoms with Crippen LogP contribution in [0.25, 0.3) is 0 Å². The molecule has 0 spiro atoms. The Morgan fingerprint density at radius 2 is 2.18 bits per heavy atom. The zero-order valence-electron chi connectivity index (χ0n) is 7.42. The zero-order valence-corrected chi connectivity index (χ0v) is 7.42. The van der Waals surface area contributed by atoms with E-state index in [1.807, 2.05) is 6.92 Å². The molecule has 0 bridgehead atoms.